The lowest BCUT2D eigenvalue weighted by Gasteiger charge is -2.36. The summed E-state index contributed by atoms with van der Waals surface area (Å²) in [5, 5.41) is 0. The first-order chi connectivity index (χ1) is 25.5. The molecule has 2 heterocycles. The highest BCUT2D eigenvalue weighted by Gasteiger charge is 2.32. The molecule has 0 N–H and O–H groups in total. The van der Waals surface area contributed by atoms with E-state index in [4.69, 9.17) is 4.74 Å². The predicted octanol–water partition coefficient (Wildman–Crippen LogP) is 6.10. The molecule has 3 aromatic carbocycles. The van der Waals surface area contributed by atoms with Crippen LogP contribution in [0.2, 0.25) is 0 Å². The average molecular weight is 728 g/mol. The minimum atomic E-state index is -4.48. The topological polar surface area (TPSA) is 86.3 Å². The van der Waals surface area contributed by atoms with Crippen LogP contribution in [0.25, 0.3) is 6.08 Å². The zero-order valence-corrected chi connectivity index (χ0v) is 29.9. The van der Waals surface area contributed by atoms with Crippen molar-refractivity contribution in [1.82, 2.24) is 19.7 Å². The number of nitrogens with zero attached hydrogens (tertiary/aromatic N) is 5. The lowest BCUT2D eigenvalue weighted by molar-refractivity contribution is -0.143. The first-order valence-electron chi connectivity index (χ1n) is 17.5. The molecule has 9 nitrogen and oxygen atoms in total. The number of rotatable bonds is 14. The number of alkyl halides is 3. The quantitative estimate of drug-likeness (QED) is 0.115. The molecule has 1 saturated heterocycles. The molecule has 12 heteroatoms. The van der Waals surface area contributed by atoms with Crippen LogP contribution in [-0.4, -0.2) is 89.8 Å². The van der Waals surface area contributed by atoms with Crippen LogP contribution in [0.4, 0.5) is 18.9 Å². The molecule has 1 aliphatic heterocycles. The Morgan fingerprint density at radius 1 is 0.868 bits per heavy atom. The van der Waals surface area contributed by atoms with Gasteiger partial charge in [0.1, 0.15) is 6.04 Å². The highest BCUT2D eigenvalue weighted by molar-refractivity contribution is 5.95. The first-order valence-corrected chi connectivity index (χ1v) is 17.5. The Bertz CT molecular complexity index is 1810. The summed E-state index contributed by atoms with van der Waals surface area (Å²) in [6, 6.07) is 26.4. The fraction of sp³-hybridized carbons (Fsp3) is 0.317. The number of piperazine rings is 1. The van der Waals surface area contributed by atoms with Crippen molar-refractivity contribution < 1.29 is 32.3 Å². The predicted molar refractivity (Wildman–Crippen MR) is 197 cm³/mol. The number of aromatic nitrogens is 1. The van der Waals surface area contributed by atoms with Gasteiger partial charge in [0.05, 0.1) is 24.5 Å². The number of carbonyl (C=O) groups excluding carboxylic acids is 3. The third kappa shape index (κ3) is 11.2. The SMILES string of the molecule is CC(=O)N1CCN(c2ccc(CN(C(=O)/C=C/c3ccc(C(F)(F)F)cc3)[C@@H](Cc3ccccc3)C(=O)N(C)CCOCc3ccccn3)cc2)CC1. The second-order valence-electron chi connectivity index (χ2n) is 12.9. The summed E-state index contributed by atoms with van der Waals surface area (Å²) in [6.45, 7) is 5.15. The molecule has 4 aromatic rings. The van der Waals surface area contributed by atoms with Crippen molar-refractivity contribution in [2.45, 2.75) is 38.7 Å². The largest absolute Gasteiger partial charge is 0.416 e. The van der Waals surface area contributed by atoms with Gasteiger partial charge in [0.15, 0.2) is 0 Å². The number of ether oxygens (including phenoxy) is 1. The zero-order chi connectivity index (χ0) is 37.8. The maximum Gasteiger partial charge on any atom is 0.416 e. The van der Waals surface area contributed by atoms with E-state index in [2.05, 4.69) is 9.88 Å². The van der Waals surface area contributed by atoms with Crippen molar-refractivity contribution in [1.29, 1.82) is 0 Å². The van der Waals surface area contributed by atoms with Crippen molar-refractivity contribution in [3.05, 3.63) is 137 Å². The molecule has 1 aromatic heterocycles. The van der Waals surface area contributed by atoms with Crippen molar-refractivity contribution in [3.8, 4) is 0 Å². The Morgan fingerprint density at radius 3 is 2.17 bits per heavy atom. The van der Waals surface area contributed by atoms with Gasteiger partial charge in [-0.2, -0.15) is 13.2 Å². The molecule has 1 aliphatic rings. The van der Waals surface area contributed by atoms with Crippen LogP contribution in [0.5, 0.6) is 0 Å². The van der Waals surface area contributed by atoms with Crippen LogP contribution in [0.1, 0.15) is 34.9 Å². The third-order valence-electron chi connectivity index (χ3n) is 9.18. The Hall–Kier alpha value is -5.49. The van der Waals surface area contributed by atoms with Crippen LogP contribution >= 0.6 is 0 Å². The molecule has 53 heavy (non-hydrogen) atoms. The standard InChI is InChI=1S/C41H44F3N5O4/c1-31(50)47-22-24-48(25-23-47)37-18-13-34(14-19-37)29-49(39(51)20-15-32-11-16-35(17-12-32)41(42,43)44)38(28-33-8-4-3-5-9-33)40(52)46(2)26-27-53-30-36-10-6-7-21-45-36/h3-21,38H,22-30H2,1-2H3/b20-15+/t38-/m0/s1. The number of hydrogen-bond donors (Lipinski definition) is 0. The number of likely N-dealkylation sites (N-methyl/N-ethyl adjacent to an activating group) is 1. The van der Waals surface area contributed by atoms with Gasteiger partial charge in [-0.1, -0.05) is 60.7 Å². The number of benzene rings is 3. The van der Waals surface area contributed by atoms with E-state index in [1.165, 1.54) is 29.2 Å². The van der Waals surface area contributed by atoms with Crippen molar-refractivity contribution >= 4 is 29.5 Å². The Labute approximate surface area is 308 Å². The van der Waals surface area contributed by atoms with E-state index in [-0.39, 0.29) is 44.5 Å². The second kappa shape index (κ2) is 18.3. The summed E-state index contributed by atoms with van der Waals surface area (Å²) >= 11 is 0. The highest BCUT2D eigenvalue weighted by Crippen LogP contribution is 2.29. The Kier molecular flexibility index (Phi) is 13.4. The van der Waals surface area contributed by atoms with E-state index in [0.717, 1.165) is 34.6 Å². The first kappa shape index (κ1) is 38.7. The highest BCUT2D eigenvalue weighted by atomic mass is 19.4. The average Bonchev–Trinajstić information content (AvgIpc) is 3.17. The van der Waals surface area contributed by atoms with Crippen molar-refractivity contribution in [3.63, 3.8) is 0 Å². The normalized spacial score (nSPS) is 13.9. The minimum absolute atomic E-state index is 0.0550. The summed E-state index contributed by atoms with van der Waals surface area (Å²) in [4.78, 5) is 51.6. The molecule has 1 fully saturated rings. The van der Waals surface area contributed by atoms with Gasteiger partial charge in [0.25, 0.3) is 0 Å². The van der Waals surface area contributed by atoms with Gasteiger partial charge >= 0.3 is 6.18 Å². The van der Waals surface area contributed by atoms with Gasteiger partial charge in [0, 0.05) is 77.6 Å². The van der Waals surface area contributed by atoms with Crippen molar-refractivity contribution in [2.24, 2.45) is 0 Å². The van der Waals surface area contributed by atoms with Crippen LogP contribution in [0.15, 0.2) is 109 Å². The van der Waals surface area contributed by atoms with Gasteiger partial charge in [-0.05, 0) is 59.2 Å². The minimum Gasteiger partial charge on any atom is -0.373 e. The molecule has 0 aliphatic carbocycles. The van der Waals surface area contributed by atoms with Gasteiger partial charge < -0.3 is 24.3 Å². The molecule has 1 atom stereocenters. The summed E-state index contributed by atoms with van der Waals surface area (Å²) in [5.74, 6) is -0.700. The van der Waals surface area contributed by atoms with Crippen LogP contribution in [-0.2, 0) is 44.9 Å². The van der Waals surface area contributed by atoms with Crippen molar-refractivity contribution in [2.75, 3.05) is 51.3 Å². The number of anilines is 1. The Morgan fingerprint density at radius 2 is 1.55 bits per heavy atom. The number of amides is 3. The van der Waals surface area contributed by atoms with Gasteiger partial charge in [-0.3, -0.25) is 19.4 Å². The van der Waals surface area contributed by atoms with E-state index < -0.39 is 23.7 Å². The lowest BCUT2D eigenvalue weighted by atomic mass is 10.0. The van der Waals surface area contributed by atoms with Crippen LogP contribution < -0.4 is 4.90 Å². The fourth-order valence-corrected chi connectivity index (χ4v) is 6.07. The molecule has 0 unspecified atom stereocenters. The maximum atomic E-state index is 14.3. The van der Waals surface area contributed by atoms with Gasteiger partial charge in [0.2, 0.25) is 17.7 Å². The Balaban J connectivity index is 1.38. The second-order valence-corrected chi connectivity index (χ2v) is 12.9. The fourth-order valence-electron chi connectivity index (χ4n) is 6.07. The molecular weight excluding hydrogens is 683 g/mol. The third-order valence-corrected chi connectivity index (χ3v) is 9.18. The summed E-state index contributed by atoms with van der Waals surface area (Å²) < 4.78 is 45.3. The number of halogens is 3. The smallest absolute Gasteiger partial charge is 0.373 e. The van der Waals surface area contributed by atoms with Gasteiger partial charge in [-0.15, -0.1) is 0 Å². The molecular formula is C41H44F3N5O4. The molecule has 0 spiro atoms. The molecule has 5 rings (SSSR count). The number of pyridine rings is 1. The zero-order valence-electron chi connectivity index (χ0n) is 29.9. The molecule has 278 valence electrons. The van der Waals surface area contributed by atoms with E-state index in [9.17, 15) is 27.6 Å². The summed E-state index contributed by atoms with van der Waals surface area (Å²) in [5.41, 5.74) is 3.03. The molecule has 3 amide bonds. The monoisotopic (exact) mass is 727 g/mol. The number of hydrogen-bond acceptors (Lipinski definition) is 6. The molecule has 0 radical (unpaired) electrons. The lowest BCUT2D eigenvalue weighted by Crippen LogP contribution is -2.51. The molecule has 0 bridgehead atoms. The molecule has 0 saturated carbocycles. The van der Waals surface area contributed by atoms with E-state index in [1.54, 1.807) is 25.1 Å². The van der Waals surface area contributed by atoms with Crippen LogP contribution in [0, 0.1) is 0 Å². The summed E-state index contributed by atoms with van der Waals surface area (Å²) in [7, 11) is 1.67. The van der Waals surface area contributed by atoms with E-state index in [1.807, 2.05) is 77.7 Å². The summed E-state index contributed by atoms with van der Waals surface area (Å²) in [6.07, 6.45) is 0.195. The van der Waals surface area contributed by atoms with E-state index >= 15 is 0 Å². The maximum absolute atomic E-state index is 14.3. The van der Waals surface area contributed by atoms with E-state index in [0.29, 0.717) is 31.7 Å². The van der Waals surface area contributed by atoms with Gasteiger partial charge in [-0.25, -0.2) is 0 Å². The van der Waals surface area contributed by atoms with Crippen LogP contribution in [0.3, 0.4) is 0 Å². The number of carbonyl (C=O) groups is 3.